The van der Waals surface area contributed by atoms with Crippen molar-refractivity contribution in [1.29, 1.82) is 0 Å². The largest absolute Gasteiger partial charge is 0.369 e. The highest BCUT2D eigenvalue weighted by atomic mass is 35.5. The van der Waals surface area contributed by atoms with Crippen molar-refractivity contribution in [1.82, 2.24) is 9.55 Å². The van der Waals surface area contributed by atoms with Crippen LogP contribution in [0.3, 0.4) is 0 Å². The number of carbonyl (C=O) groups excluding carboxylic acids is 1. The first-order valence-electron chi connectivity index (χ1n) is 4.06. The molecule has 0 saturated heterocycles. The van der Waals surface area contributed by atoms with Crippen molar-refractivity contribution in [3.63, 3.8) is 0 Å². The molecule has 1 aromatic heterocycles. The Labute approximate surface area is 85.3 Å². The second-order valence-corrected chi connectivity index (χ2v) is 3.09. The highest BCUT2D eigenvalue weighted by Crippen LogP contribution is 2.16. The summed E-state index contributed by atoms with van der Waals surface area (Å²) in [4.78, 5) is 15.5. The van der Waals surface area contributed by atoms with E-state index in [0.29, 0.717) is 11.0 Å². The smallest absolute Gasteiger partial charge is 0.248 e. The molecule has 2 rings (SSSR count). The number of carbonyl (C=O) groups is 1. The van der Waals surface area contributed by atoms with Crippen LogP contribution in [0.15, 0.2) is 24.3 Å². The molecule has 0 saturated carbocycles. The normalized spacial score (nSPS) is 10.6. The van der Waals surface area contributed by atoms with Crippen LogP contribution in [-0.4, -0.2) is 21.3 Å². The molecule has 0 aliphatic carbocycles. The van der Waals surface area contributed by atoms with Gasteiger partial charge >= 0.3 is 0 Å². The molecule has 14 heavy (non-hydrogen) atoms. The fraction of sp³-hybridized carbons (Fsp3) is 0.111. The van der Waals surface area contributed by atoms with Crippen molar-refractivity contribution >= 4 is 34.5 Å². The highest BCUT2D eigenvalue weighted by molar-refractivity contribution is 6.28. The van der Waals surface area contributed by atoms with E-state index in [9.17, 15) is 4.79 Å². The summed E-state index contributed by atoms with van der Waals surface area (Å²) in [5.74, 6) is -0.195. The molecule has 0 fully saturated rings. The highest BCUT2D eigenvalue weighted by Gasteiger charge is 2.12. The van der Waals surface area contributed by atoms with E-state index in [1.165, 1.54) is 4.57 Å². The third kappa shape index (κ3) is 1.24. The van der Waals surface area contributed by atoms with E-state index in [4.69, 9.17) is 17.3 Å². The number of nitrogens with zero attached hydrogens (tertiary/aromatic N) is 2. The second kappa shape index (κ2) is 3.31. The summed E-state index contributed by atoms with van der Waals surface area (Å²) in [7, 11) is 0. The Bertz CT molecular complexity index is 492. The molecule has 4 nitrogen and oxygen atoms in total. The minimum absolute atomic E-state index is 0.107. The summed E-state index contributed by atoms with van der Waals surface area (Å²) < 4.78 is 1.32. The zero-order chi connectivity index (χ0) is 10.1. The summed E-state index contributed by atoms with van der Waals surface area (Å²) in [6.07, 6.45) is 0. The van der Waals surface area contributed by atoms with Crippen molar-refractivity contribution in [2.45, 2.75) is 0 Å². The number of hydrogen-bond acceptors (Lipinski definition) is 3. The van der Waals surface area contributed by atoms with Gasteiger partial charge in [0, 0.05) is 0 Å². The third-order valence-corrected chi connectivity index (χ3v) is 2.18. The quantitative estimate of drug-likeness (QED) is 0.724. The lowest BCUT2D eigenvalue weighted by atomic mass is 10.3. The Kier molecular flexibility index (Phi) is 2.13. The molecule has 72 valence electrons. The average Bonchev–Trinajstić information content (AvgIpc) is 2.53. The number of anilines is 1. The Morgan fingerprint density at radius 3 is 2.93 bits per heavy atom. The molecule has 1 aromatic carbocycles. The molecular weight excluding hydrogens is 202 g/mol. The third-order valence-electron chi connectivity index (χ3n) is 1.95. The lowest BCUT2D eigenvalue weighted by Crippen LogP contribution is -2.14. The zero-order valence-electron chi connectivity index (χ0n) is 7.27. The molecule has 0 bridgehead atoms. The Balaban J connectivity index is 2.74. The number of fused-ring (bicyclic) bond motifs is 1. The molecule has 2 N–H and O–H groups in total. The first-order chi connectivity index (χ1) is 6.74. The van der Waals surface area contributed by atoms with Crippen molar-refractivity contribution < 1.29 is 4.79 Å². The van der Waals surface area contributed by atoms with E-state index in [1.54, 1.807) is 12.1 Å². The number of benzene rings is 1. The number of nitrogens with two attached hydrogens (primary N) is 1. The fourth-order valence-corrected chi connectivity index (χ4v) is 1.49. The SMILES string of the molecule is Nc1nc2ccccc2n1C(=O)CCl. The lowest BCUT2D eigenvalue weighted by Gasteiger charge is -2.00. The predicted octanol–water partition coefficient (Wildman–Crippen LogP) is 1.50. The van der Waals surface area contributed by atoms with Gasteiger partial charge in [-0.25, -0.2) is 9.55 Å². The standard InChI is InChI=1S/C9H8ClN3O/c10-5-8(14)13-7-4-2-1-3-6(7)12-9(13)11/h1-4H,5H2,(H2,11,12). The number of hydrogen-bond donors (Lipinski definition) is 1. The Hall–Kier alpha value is -1.55. The number of halogens is 1. The maximum atomic E-state index is 11.4. The maximum Gasteiger partial charge on any atom is 0.248 e. The van der Waals surface area contributed by atoms with Gasteiger partial charge in [-0.2, -0.15) is 0 Å². The van der Waals surface area contributed by atoms with Crippen LogP contribution in [0.4, 0.5) is 5.95 Å². The van der Waals surface area contributed by atoms with Crippen LogP contribution in [-0.2, 0) is 0 Å². The summed E-state index contributed by atoms with van der Waals surface area (Å²) in [5, 5.41) is 0. The van der Waals surface area contributed by atoms with E-state index < -0.39 is 0 Å². The lowest BCUT2D eigenvalue weighted by molar-refractivity contribution is 0.0947. The van der Waals surface area contributed by atoms with Gasteiger partial charge in [-0.15, -0.1) is 11.6 Å². The molecule has 5 heteroatoms. The van der Waals surface area contributed by atoms with Crippen LogP contribution in [0.25, 0.3) is 11.0 Å². The van der Waals surface area contributed by atoms with Gasteiger partial charge in [0.2, 0.25) is 11.9 Å². The minimum Gasteiger partial charge on any atom is -0.369 e. The number of alkyl halides is 1. The molecule has 1 heterocycles. The maximum absolute atomic E-state index is 11.4. The van der Waals surface area contributed by atoms with Crippen LogP contribution in [0.5, 0.6) is 0 Å². The Morgan fingerprint density at radius 1 is 1.50 bits per heavy atom. The van der Waals surface area contributed by atoms with Crippen LogP contribution < -0.4 is 5.73 Å². The van der Waals surface area contributed by atoms with Gasteiger partial charge in [-0.3, -0.25) is 4.79 Å². The van der Waals surface area contributed by atoms with Gasteiger partial charge in [0.15, 0.2) is 0 Å². The number of rotatable bonds is 1. The predicted molar refractivity (Wildman–Crippen MR) is 55.5 cm³/mol. The van der Waals surface area contributed by atoms with E-state index in [-0.39, 0.29) is 17.7 Å². The van der Waals surface area contributed by atoms with Crippen LogP contribution in [0.2, 0.25) is 0 Å². The van der Waals surface area contributed by atoms with Gasteiger partial charge in [0.25, 0.3) is 0 Å². The molecule has 0 radical (unpaired) electrons. The number of imidazole rings is 1. The Morgan fingerprint density at radius 2 is 2.21 bits per heavy atom. The van der Waals surface area contributed by atoms with Crippen molar-refractivity contribution in [3.05, 3.63) is 24.3 Å². The van der Waals surface area contributed by atoms with Gasteiger partial charge < -0.3 is 5.73 Å². The average molecular weight is 210 g/mol. The van der Waals surface area contributed by atoms with E-state index in [2.05, 4.69) is 4.98 Å². The van der Waals surface area contributed by atoms with Crippen LogP contribution in [0, 0.1) is 0 Å². The summed E-state index contributed by atoms with van der Waals surface area (Å²) in [5.41, 5.74) is 6.99. The molecular formula is C9H8ClN3O. The first-order valence-corrected chi connectivity index (χ1v) is 4.59. The van der Waals surface area contributed by atoms with Gasteiger partial charge in [0.05, 0.1) is 11.0 Å². The molecule has 2 aromatic rings. The monoisotopic (exact) mass is 209 g/mol. The van der Waals surface area contributed by atoms with Crippen molar-refractivity contribution in [3.8, 4) is 0 Å². The molecule has 0 atom stereocenters. The summed E-state index contributed by atoms with van der Waals surface area (Å²) >= 11 is 5.46. The summed E-state index contributed by atoms with van der Waals surface area (Å²) in [6.45, 7) is 0. The topological polar surface area (TPSA) is 60.9 Å². The molecule has 0 aliphatic heterocycles. The van der Waals surface area contributed by atoms with E-state index in [1.807, 2.05) is 12.1 Å². The van der Waals surface area contributed by atoms with Crippen LogP contribution in [0.1, 0.15) is 4.79 Å². The molecule has 0 aliphatic rings. The fourth-order valence-electron chi connectivity index (χ4n) is 1.37. The van der Waals surface area contributed by atoms with E-state index >= 15 is 0 Å². The summed E-state index contributed by atoms with van der Waals surface area (Å²) in [6, 6.07) is 7.23. The first kappa shape index (κ1) is 9.02. The number of para-hydroxylation sites is 2. The van der Waals surface area contributed by atoms with Gasteiger partial charge in [-0.1, -0.05) is 12.1 Å². The van der Waals surface area contributed by atoms with Crippen LogP contribution >= 0.6 is 11.6 Å². The molecule has 0 spiro atoms. The van der Waals surface area contributed by atoms with E-state index in [0.717, 1.165) is 0 Å². The second-order valence-electron chi connectivity index (χ2n) is 2.82. The number of nitrogen functional groups attached to an aromatic ring is 1. The molecule has 0 unspecified atom stereocenters. The van der Waals surface area contributed by atoms with Crippen molar-refractivity contribution in [2.75, 3.05) is 11.6 Å². The number of aromatic nitrogens is 2. The molecule has 0 amide bonds. The van der Waals surface area contributed by atoms with Crippen molar-refractivity contribution in [2.24, 2.45) is 0 Å². The van der Waals surface area contributed by atoms with Gasteiger partial charge in [-0.05, 0) is 12.1 Å². The van der Waals surface area contributed by atoms with Gasteiger partial charge in [0.1, 0.15) is 5.88 Å². The minimum atomic E-state index is -0.266. The zero-order valence-corrected chi connectivity index (χ0v) is 8.03.